The molecule has 0 aliphatic rings. The van der Waals surface area contributed by atoms with Crippen LogP contribution in [-0.2, 0) is 9.84 Å². The van der Waals surface area contributed by atoms with Crippen molar-refractivity contribution in [2.24, 2.45) is 0 Å². The smallest absolute Gasteiger partial charge is 0.192 e. The van der Waals surface area contributed by atoms with Gasteiger partial charge in [-0.1, -0.05) is 36.4 Å². The summed E-state index contributed by atoms with van der Waals surface area (Å²) in [5, 5.41) is 4.38. The van der Waals surface area contributed by atoms with E-state index in [9.17, 15) is 8.42 Å². The molecule has 0 radical (unpaired) electrons. The molecule has 0 aliphatic heterocycles. The molecule has 19 heavy (non-hydrogen) atoms. The van der Waals surface area contributed by atoms with Gasteiger partial charge >= 0.3 is 0 Å². The third-order valence-electron chi connectivity index (χ3n) is 3.20. The van der Waals surface area contributed by atoms with Crippen molar-refractivity contribution in [3.63, 3.8) is 0 Å². The van der Waals surface area contributed by atoms with Crippen molar-refractivity contribution < 1.29 is 8.42 Å². The van der Waals surface area contributed by atoms with Crippen molar-refractivity contribution in [1.82, 2.24) is 5.32 Å². The van der Waals surface area contributed by atoms with Crippen LogP contribution in [-0.4, -0.2) is 20.7 Å². The second-order valence-corrected chi connectivity index (χ2v) is 7.84. The maximum absolute atomic E-state index is 12.5. The van der Waals surface area contributed by atoms with Gasteiger partial charge in [0.1, 0.15) is 4.21 Å². The van der Waals surface area contributed by atoms with E-state index in [0.29, 0.717) is 4.21 Å². The van der Waals surface area contributed by atoms with E-state index in [1.807, 2.05) is 30.3 Å². The van der Waals surface area contributed by atoms with Gasteiger partial charge < -0.3 is 5.32 Å². The van der Waals surface area contributed by atoms with Gasteiger partial charge in [-0.3, -0.25) is 0 Å². The predicted octanol–water partition coefficient (Wildman–Crippen LogP) is 2.87. The van der Waals surface area contributed by atoms with Gasteiger partial charge in [-0.15, -0.1) is 11.3 Å². The van der Waals surface area contributed by atoms with Crippen LogP contribution in [0, 0.1) is 0 Å². The number of hydrogen-bond acceptors (Lipinski definition) is 4. The molecule has 1 aromatic carbocycles. The maximum Gasteiger partial charge on any atom is 0.192 e. The van der Waals surface area contributed by atoms with E-state index in [1.165, 1.54) is 11.3 Å². The Morgan fingerprint density at radius 3 is 2.32 bits per heavy atom. The van der Waals surface area contributed by atoms with E-state index in [2.05, 4.69) is 5.32 Å². The molecule has 2 unspecified atom stereocenters. The largest absolute Gasteiger partial charge is 0.312 e. The van der Waals surface area contributed by atoms with Gasteiger partial charge in [-0.2, -0.15) is 0 Å². The van der Waals surface area contributed by atoms with E-state index in [-0.39, 0.29) is 6.04 Å². The Hall–Kier alpha value is -1.17. The number of rotatable bonds is 5. The first kappa shape index (κ1) is 14.2. The molecule has 0 aliphatic carbocycles. The van der Waals surface area contributed by atoms with Crippen LogP contribution in [0.25, 0.3) is 0 Å². The number of sulfone groups is 1. The maximum atomic E-state index is 12.5. The van der Waals surface area contributed by atoms with E-state index in [0.717, 1.165) is 5.56 Å². The molecule has 2 aromatic rings. The van der Waals surface area contributed by atoms with Crippen molar-refractivity contribution in [2.45, 2.75) is 22.4 Å². The number of nitrogens with one attached hydrogen (secondary N) is 1. The fourth-order valence-corrected chi connectivity index (χ4v) is 5.01. The van der Waals surface area contributed by atoms with Gasteiger partial charge in [0.2, 0.25) is 0 Å². The molecule has 3 nitrogen and oxygen atoms in total. The summed E-state index contributed by atoms with van der Waals surface area (Å²) in [6, 6.07) is 12.9. The Bertz CT molecular complexity index is 606. The molecule has 2 rings (SSSR count). The fraction of sp³-hybridized carbons (Fsp3) is 0.286. The summed E-state index contributed by atoms with van der Waals surface area (Å²) < 4.78 is 25.5. The molecule has 0 spiro atoms. The average molecular weight is 295 g/mol. The van der Waals surface area contributed by atoms with Crippen LogP contribution in [0.5, 0.6) is 0 Å². The third-order valence-corrected chi connectivity index (χ3v) is 6.80. The lowest BCUT2D eigenvalue weighted by atomic mass is 10.0. The molecule has 0 saturated carbocycles. The summed E-state index contributed by atoms with van der Waals surface area (Å²) in [6.07, 6.45) is 0. The Kier molecular flexibility index (Phi) is 4.39. The lowest BCUT2D eigenvalue weighted by molar-refractivity contribution is 0.532. The summed E-state index contributed by atoms with van der Waals surface area (Å²) in [7, 11) is -1.51. The first-order valence-corrected chi connectivity index (χ1v) is 8.49. The average Bonchev–Trinajstić information content (AvgIpc) is 2.95. The lowest BCUT2D eigenvalue weighted by Crippen LogP contribution is -2.33. The lowest BCUT2D eigenvalue weighted by Gasteiger charge is -2.23. The predicted molar refractivity (Wildman–Crippen MR) is 79.2 cm³/mol. The normalized spacial score (nSPS) is 15.1. The second-order valence-electron chi connectivity index (χ2n) is 4.36. The van der Waals surface area contributed by atoms with E-state index >= 15 is 0 Å². The van der Waals surface area contributed by atoms with Crippen molar-refractivity contribution in [1.29, 1.82) is 0 Å². The zero-order valence-corrected chi connectivity index (χ0v) is 12.5. The summed E-state index contributed by atoms with van der Waals surface area (Å²) in [4.78, 5) is 0. The standard InChI is InChI=1S/C14H17NO2S2/c1-11(19(16,17)13-9-6-10-18-13)14(15-2)12-7-4-3-5-8-12/h3-11,14-15H,1-2H3. The molecule has 1 N–H and O–H groups in total. The van der Waals surface area contributed by atoms with Crippen molar-refractivity contribution in [2.75, 3.05) is 7.05 Å². The highest BCUT2D eigenvalue weighted by atomic mass is 32.2. The highest BCUT2D eigenvalue weighted by Crippen LogP contribution is 2.28. The molecule has 1 aromatic heterocycles. The molecule has 1 heterocycles. The molecular formula is C14H17NO2S2. The van der Waals surface area contributed by atoms with Gasteiger partial charge in [0.05, 0.1) is 5.25 Å². The topological polar surface area (TPSA) is 46.2 Å². The molecule has 5 heteroatoms. The second kappa shape index (κ2) is 5.86. The molecule has 0 amide bonds. The van der Waals surface area contributed by atoms with E-state index in [1.54, 1.807) is 31.5 Å². The monoisotopic (exact) mass is 295 g/mol. The minimum Gasteiger partial charge on any atom is -0.312 e. The summed E-state index contributed by atoms with van der Waals surface area (Å²) in [6.45, 7) is 1.75. The molecule has 0 saturated heterocycles. The fourth-order valence-electron chi connectivity index (χ4n) is 2.12. The van der Waals surface area contributed by atoms with Gasteiger partial charge in [-0.25, -0.2) is 8.42 Å². The third kappa shape index (κ3) is 2.88. The van der Waals surface area contributed by atoms with Gasteiger partial charge in [0.25, 0.3) is 0 Å². The van der Waals surface area contributed by atoms with E-state index in [4.69, 9.17) is 0 Å². The van der Waals surface area contributed by atoms with Crippen LogP contribution in [0.4, 0.5) is 0 Å². The van der Waals surface area contributed by atoms with Gasteiger partial charge in [0, 0.05) is 6.04 Å². The highest BCUT2D eigenvalue weighted by molar-refractivity contribution is 7.94. The Morgan fingerprint density at radius 2 is 1.79 bits per heavy atom. The Labute approximate surface area is 118 Å². The zero-order chi connectivity index (χ0) is 13.9. The molecule has 2 atom stereocenters. The number of thiophene rings is 1. The Balaban J connectivity index is 2.35. The Morgan fingerprint density at radius 1 is 1.11 bits per heavy atom. The van der Waals surface area contributed by atoms with Crippen LogP contribution < -0.4 is 5.32 Å². The van der Waals surface area contributed by atoms with Crippen LogP contribution in [0.15, 0.2) is 52.1 Å². The SMILES string of the molecule is CNC(c1ccccc1)C(C)S(=O)(=O)c1cccs1. The summed E-state index contributed by atoms with van der Waals surface area (Å²) >= 11 is 1.27. The minimum atomic E-state index is -3.30. The molecule has 0 fully saturated rings. The minimum absolute atomic E-state index is 0.215. The quantitative estimate of drug-likeness (QED) is 0.922. The number of benzene rings is 1. The van der Waals surface area contributed by atoms with Crippen LogP contribution in [0.2, 0.25) is 0 Å². The van der Waals surface area contributed by atoms with Gasteiger partial charge in [0.15, 0.2) is 9.84 Å². The summed E-state index contributed by atoms with van der Waals surface area (Å²) in [5.41, 5.74) is 0.984. The zero-order valence-electron chi connectivity index (χ0n) is 10.9. The molecular weight excluding hydrogens is 278 g/mol. The highest BCUT2D eigenvalue weighted by Gasteiger charge is 2.31. The van der Waals surface area contributed by atoms with Crippen molar-refractivity contribution in [3.05, 3.63) is 53.4 Å². The summed E-state index contributed by atoms with van der Waals surface area (Å²) in [5.74, 6) is 0. The first-order valence-electron chi connectivity index (χ1n) is 6.07. The molecule has 102 valence electrons. The van der Waals surface area contributed by atoms with Crippen molar-refractivity contribution >= 4 is 21.2 Å². The first-order chi connectivity index (χ1) is 9.07. The number of hydrogen-bond donors (Lipinski definition) is 1. The van der Waals surface area contributed by atoms with Crippen LogP contribution in [0.1, 0.15) is 18.5 Å². The van der Waals surface area contributed by atoms with Crippen LogP contribution in [0.3, 0.4) is 0 Å². The van der Waals surface area contributed by atoms with E-state index < -0.39 is 15.1 Å². The van der Waals surface area contributed by atoms with Crippen molar-refractivity contribution in [3.8, 4) is 0 Å². The van der Waals surface area contributed by atoms with Crippen LogP contribution >= 0.6 is 11.3 Å². The van der Waals surface area contributed by atoms with Gasteiger partial charge in [-0.05, 0) is 31.0 Å². The molecule has 0 bridgehead atoms.